The Balaban J connectivity index is 2.87. The minimum absolute atomic E-state index is 0.188. The molecule has 21 heavy (non-hydrogen) atoms. The highest BCUT2D eigenvalue weighted by Crippen LogP contribution is 2.77. The van der Waals surface area contributed by atoms with Crippen LogP contribution in [0.2, 0.25) is 0 Å². The molecule has 0 aliphatic rings. The number of rotatable bonds is 2. The van der Waals surface area contributed by atoms with Gasteiger partial charge in [-0.1, -0.05) is 77.9 Å². The monoisotopic (exact) mass is 300 g/mol. The lowest BCUT2D eigenvalue weighted by molar-refractivity contribution is 0.702. The predicted molar refractivity (Wildman–Crippen MR) is 96.5 cm³/mol. The Bertz CT molecular complexity index is 515. The number of hydrogen-bond donors (Lipinski definition) is 0. The second-order valence-electron chi connectivity index (χ2n) is 7.46. The molecule has 0 aromatic heterocycles. The smallest absolute Gasteiger partial charge is 0.0000410 e. The van der Waals surface area contributed by atoms with Crippen LogP contribution >= 0.6 is 10.0 Å². The standard InChI is InChI=1S/C20H28S/c1-19(2,3)21(20(4,5)6,17-13-9-7-10-14-17)18-15-11-8-12-16-18/h7-16H,1-6H3. The minimum atomic E-state index is -1.19. The van der Waals surface area contributed by atoms with Gasteiger partial charge in [0.2, 0.25) is 0 Å². The molecule has 0 unspecified atom stereocenters. The van der Waals surface area contributed by atoms with Gasteiger partial charge < -0.3 is 0 Å². The third kappa shape index (κ3) is 2.64. The lowest BCUT2D eigenvalue weighted by Crippen LogP contribution is -2.38. The number of hydrogen-bond acceptors (Lipinski definition) is 0. The van der Waals surface area contributed by atoms with Crippen molar-refractivity contribution in [2.75, 3.05) is 0 Å². The van der Waals surface area contributed by atoms with Gasteiger partial charge in [-0.25, -0.2) is 0 Å². The quantitative estimate of drug-likeness (QED) is 0.593. The zero-order valence-corrected chi connectivity index (χ0v) is 15.0. The molecule has 0 aliphatic carbocycles. The van der Waals surface area contributed by atoms with Crippen molar-refractivity contribution in [3.8, 4) is 0 Å². The zero-order valence-electron chi connectivity index (χ0n) is 14.2. The van der Waals surface area contributed by atoms with E-state index in [2.05, 4.69) is 102 Å². The Hall–Kier alpha value is -1.21. The molecule has 114 valence electrons. The van der Waals surface area contributed by atoms with E-state index in [0.717, 1.165) is 0 Å². The molecule has 0 fully saturated rings. The van der Waals surface area contributed by atoms with E-state index in [1.807, 2.05) is 0 Å². The van der Waals surface area contributed by atoms with Crippen LogP contribution in [0, 0.1) is 0 Å². The molecule has 0 saturated carbocycles. The molecular formula is C20H28S. The van der Waals surface area contributed by atoms with E-state index in [-0.39, 0.29) is 9.49 Å². The molecule has 0 amide bonds. The summed E-state index contributed by atoms with van der Waals surface area (Å²) in [7, 11) is -1.19. The second-order valence-corrected chi connectivity index (χ2v) is 12.1. The van der Waals surface area contributed by atoms with Crippen LogP contribution in [0.3, 0.4) is 0 Å². The molecule has 0 bridgehead atoms. The summed E-state index contributed by atoms with van der Waals surface area (Å²) >= 11 is 0. The summed E-state index contributed by atoms with van der Waals surface area (Å²) in [6, 6.07) is 22.2. The van der Waals surface area contributed by atoms with Crippen molar-refractivity contribution in [1.82, 2.24) is 0 Å². The van der Waals surface area contributed by atoms with Crippen LogP contribution in [0.5, 0.6) is 0 Å². The molecule has 0 heterocycles. The van der Waals surface area contributed by atoms with Crippen LogP contribution in [0.4, 0.5) is 0 Å². The molecule has 0 saturated heterocycles. The van der Waals surface area contributed by atoms with Crippen LogP contribution in [0.1, 0.15) is 41.5 Å². The zero-order chi connectivity index (χ0) is 15.7. The van der Waals surface area contributed by atoms with Crippen molar-refractivity contribution in [3.63, 3.8) is 0 Å². The Morgan fingerprint density at radius 3 is 1.05 bits per heavy atom. The first-order chi connectivity index (χ1) is 9.71. The van der Waals surface area contributed by atoms with Crippen LogP contribution in [0.15, 0.2) is 70.5 Å². The normalized spacial score (nSPS) is 14.0. The average molecular weight is 301 g/mol. The van der Waals surface area contributed by atoms with Gasteiger partial charge in [-0.3, -0.25) is 0 Å². The van der Waals surface area contributed by atoms with Gasteiger partial charge in [-0.05, 0) is 43.6 Å². The van der Waals surface area contributed by atoms with Crippen molar-refractivity contribution in [3.05, 3.63) is 60.7 Å². The molecule has 0 nitrogen and oxygen atoms in total. The fraction of sp³-hybridized carbons (Fsp3) is 0.400. The summed E-state index contributed by atoms with van der Waals surface area (Å²) in [5.41, 5.74) is 0. The van der Waals surface area contributed by atoms with Gasteiger partial charge in [0, 0.05) is 0 Å². The van der Waals surface area contributed by atoms with E-state index in [0.29, 0.717) is 0 Å². The molecule has 1 heteroatoms. The largest absolute Gasteiger partial charge is 0.178 e. The molecule has 2 rings (SSSR count). The lowest BCUT2D eigenvalue weighted by atomic mass is 10.2. The second kappa shape index (κ2) is 5.53. The van der Waals surface area contributed by atoms with Gasteiger partial charge in [-0.15, -0.1) is 0 Å². The SMILES string of the molecule is CC(C)(C)S(c1ccccc1)(c1ccccc1)C(C)(C)C. The van der Waals surface area contributed by atoms with Gasteiger partial charge >= 0.3 is 0 Å². The van der Waals surface area contributed by atoms with Gasteiger partial charge in [0.25, 0.3) is 0 Å². The maximum atomic E-state index is 2.40. The molecule has 0 spiro atoms. The topological polar surface area (TPSA) is 0 Å². The van der Waals surface area contributed by atoms with Gasteiger partial charge in [0.05, 0.1) is 0 Å². The van der Waals surface area contributed by atoms with Crippen molar-refractivity contribution in [2.45, 2.75) is 60.8 Å². The van der Waals surface area contributed by atoms with Crippen molar-refractivity contribution >= 4 is 10.0 Å². The van der Waals surface area contributed by atoms with Gasteiger partial charge in [0.15, 0.2) is 0 Å². The van der Waals surface area contributed by atoms with Crippen molar-refractivity contribution in [1.29, 1.82) is 0 Å². The summed E-state index contributed by atoms with van der Waals surface area (Å²) in [6.45, 7) is 14.4. The fourth-order valence-electron chi connectivity index (χ4n) is 3.72. The lowest BCUT2D eigenvalue weighted by Gasteiger charge is -2.59. The molecule has 0 aliphatic heterocycles. The molecule has 2 aromatic carbocycles. The first-order valence-corrected chi connectivity index (χ1v) is 9.27. The third-order valence-electron chi connectivity index (χ3n) is 4.03. The highest BCUT2D eigenvalue weighted by molar-refractivity contribution is 8.35. The van der Waals surface area contributed by atoms with Gasteiger partial charge in [-0.2, -0.15) is 10.0 Å². The van der Waals surface area contributed by atoms with Crippen LogP contribution in [-0.2, 0) is 0 Å². The van der Waals surface area contributed by atoms with Crippen LogP contribution in [-0.4, -0.2) is 9.49 Å². The molecule has 0 N–H and O–H groups in total. The predicted octanol–water partition coefficient (Wildman–Crippen LogP) is 6.51. The van der Waals surface area contributed by atoms with E-state index in [4.69, 9.17) is 0 Å². The molecule has 0 radical (unpaired) electrons. The van der Waals surface area contributed by atoms with E-state index in [9.17, 15) is 0 Å². The highest BCUT2D eigenvalue weighted by atomic mass is 32.3. The van der Waals surface area contributed by atoms with Gasteiger partial charge in [0.1, 0.15) is 0 Å². The summed E-state index contributed by atoms with van der Waals surface area (Å²) in [4.78, 5) is 2.97. The van der Waals surface area contributed by atoms with Crippen LogP contribution in [0.25, 0.3) is 0 Å². The summed E-state index contributed by atoms with van der Waals surface area (Å²) in [5, 5.41) is 0. The Kier molecular flexibility index (Phi) is 4.26. The van der Waals surface area contributed by atoms with E-state index in [1.54, 1.807) is 0 Å². The average Bonchev–Trinajstić information content (AvgIpc) is 2.38. The summed E-state index contributed by atoms with van der Waals surface area (Å²) in [6.07, 6.45) is 0. The van der Waals surface area contributed by atoms with Crippen molar-refractivity contribution in [2.24, 2.45) is 0 Å². The third-order valence-corrected chi connectivity index (χ3v) is 9.66. The summed E-state index contributed by atoms with van der Waals surface area (Å²) < 4.78 is 0.377. The van der Waals surface area contributed by atoms with E-state index in [1.165, 1.54) is 9.79 Å². The molecule has 2 aromatic rings. The Morgan fingerprint density at radius 2 is 0.810 bits per heavy atom. The Labute approximate surface area is 131 Å². The first-order valence-electron chi connectivity index (χ1n) is 7.64. The van der Waals surface area contributed by atoms with Crippen molar-refractivity contribution < 1.29 is 0 Å². The number of benzene rings is 2. The summed E-state index contributed by atoms with van der Waals surface area (Å²) in [5.74, 6) is 0. The highest BCUT2D eigenvalue weighted by Gasteiger charge is 2.48. The maximum Gasteiger partial charge on any atom is -0.0000410 e. The maximum absolute atomic E-state index is 2.40. The van der Waals surface area contributed by atoms with E-state index >= 15 is 0 Å². The van der Waals surface area contributed by atoms with Crippen LogP contribution < -0.4 is 0 Å². The Morgan fingerprint density at radius 1 is 0.524 bits per heavy atom. The molecular weight excluding hydrogens is 272 g/mol. The van der Waals surface area contributed by atoms with E-state index < -0.39 is 10.0 Å². The molecule has 0 atom stereocenters. The fourth-order valence-corrected chi connectivity index (χ4v) is 9.79. The minimum Gasteiger partial charge on any atom is -0.178 e. The first kappa shape index (κ1) is 16.2.